The normalized spacial score (nSPS) is 22.0. The Balaban J connectivity index is 1.61. The first-order chi connectivity index (χ1) is 15.0. The zero-order valence-electron chi connectivity index (χ0n) is 16.3. The minimum absolute atomic E-state index is 0.252. The first-order valence-electron chi connectivity index (χ1n) is 10.2. The number of rotatable bonds is 2. The van der Waals surface area contributed by atoms with Crippen molar-refractivity contribution in [2.75, 3.05) is 0 Å². The molecule has 31 heavy (non-hydrogen) atoms. The Morgan fingerprint density at radius 3 is 2.52 bits per heavy atom. The number of imide groups is 1. The van der Waals surface area contributed by atoms with Crippen molar-refractivity contribution in [3.05, 3.63) is 59.3 Å². The van der Waals surface area contributed by atoms with Gasteiger partial charge in [0.25, 0.3) is 5.91 Å². The standard InChI is InChI=1S/C22H17F2N5O2/c23-11-5-6-14-16(8-11)22(20(30)25-21(31)26-22)17-9-12(24)7-15(19(14)17)18-10-29(28-27-18)13-3-1-2-4-13/h5-10,13H,1-4H2,(H2,25,26,30,31). The summed E-state index contributed by atoms with van der Waals surface area (Å²) in [6, 6.07) is 6.11. The van der Waals surface area contributed by atoms with Gasteiger partial charge in [-0.1, -0.05) is 24.1 Å². The topological polar surface area (TPSA) is 88.9 Å². The number of carbonyl (C=O) groups is 2. The van der Waals surface area contributed by atoms with Crippen LogP contribution in [-0.4, -0.2) is 26.9 Å². The molecular weight excluding hydrogens is 404 g/mol. The summed E-state index contributed by atoms with van der Waals surface area (Å²) in [5.74, 6) is -1.82. The number of hydrogen-bond donors (Lipinski definition) is 2. The number of nitrogens with one attached hydrogen (secondary N) is 2. The lowest BCUT2D eigenvalue weighted by molar-refractivity contribution is -0.122. The van der Waals surface area contributed by atoms with Crippen LogP contribution < -0.4 is 10.6 Å². The van der Waals surface area contributed by atoms with Gasteiger partial charge in [-0.05, 0) is 48.2 Å². The van der Waals surface area contributed by atoms with Crippen molar-refractivity contribution in [3.8, 4) is 22.4 Å². The lowest BCUT2D eigenvalue weighted by Crippen LogP contribution is -2.43. The van der Waals surface area contributed by atoms with E-state index >= 15 is 0 Å². The smallest absolute Gasteiger partial charge is 0.316 e. The van der Waals surface area contributed by atoms with E-state index < -0.39 is 29.1 Å². The second kappa shape index (κ2) is 6.19. The Bertz CT molecular complexity index is 1280. The summed E-state index contributed by atoms with van der Waals surface area (Å²) in [5, 5.41) is 13.3. The molecule has 3 amide bonds. The second-order valence-electron chi connectivity index (χ2n) is 8.25. The van der Waals surface area contributed by atoms with Crippen molar-refractivity contribution in [1.82, 2.24) is 25.6 Å². The third-order valence-electron chi connectivity index (χ3n) is 6.52. The van der Waals surface area contributed by atoms with E-state index in [0.717, 1.165) is 25.7 Å². The van der Waals surface area contributed by atoms with Crippen LogP contribution in [0.2, 0.25) is 0 Å². The van der Waals surface area contributed by atoms with Crippen molar-refractivity contribution in [3.63, 3.8) is 0 Å². The van der Waals surface area contributed by atoms with E-state index in [2.05, 4.69) is 20.9 Å². The number of fused-ring (bicyclic) bond motifs is 5. The maximum absolute atomic E-state index is 14.8. The van der Waals surface area contributed by atoms with Gasteiger partial charge in [-0.15, -0.1) is 5.10 Å². The Labute approximate surface area is 175 Å². The summed E-state index contributed by atoms with van der Waals surface area (Å²) in [7, 11) is 0. The molecule has 1 saturated heterocycles. The number of carbonyl (C=O) groups excluding carboxylic acids is 2. The van der Waals surface area contributed by atoms with E-state index in [-0.39, 0.29) is 17.2 Å². The molecule has 2 aliphatic carbocycles. The fraction of sp³-hybridized carbons (Fsp3) is 0.273. The molecular formula is C22H17F2N5O2. The highest BCUT2D eigenvalue weighted by molar-refractivity contribution is 6.14. The molecule has 2 N–H and O–H groups in total. The Morgan fingerprint density at radius 2 is 1.77 bits per heavy atom. The summed E-state index contributed by atoms with van der Waals surface area (Å²) in [6.07, 6.45) is 6.08. The van der Waals surface area contributed by atoms with Crippen LogP contribution in [0.25, 0.3) is 22.4 Å². The summed E-state index contributed by atoms with van der Waals surface area (Å²) < 4.78 is 30.8. The average Bonchev–Trinajstić information content (AvgIpc) is 3.50. The number of halogens is 2. The van der Waals surface area contributed by atoms with E-state index in [4.69, 9.17) is 0 Å². The molecule has 1 aliphatic heterocycles. The van der Waals surface area contributed by atoms with E-state index in [0.29, 0.717) is 22.4 Å². The number of nitrogens with zero attached hydrogens (tertiary/aromatic N) is 3. The molecule has 2 heterocycles. The minimum Gasteiger partial charge on any atom is -0.316 e. The molecule has 2 fully saturated rings. The summed E-state index contributed by atoms with van der Waals surface area (Å²) in [5.41, 5.74) is 0.800. The number of hydrogen-bond acceptors (Lipinski definition) is 4. The summed E-state index contributed by atoms with van der Waals surface area (Å²) >= 11 is 0. The molecule has 1 atom stereocenters. The van der Waals surface area contributed by atoms with Crippen molar-refractivity contribution in [1.29, 1.82) is 0 Å². The van der Waals surface area contributed by atoms with Gasteiger partial charge in [-0.2, -0.15) is 0 Å². The van der Waals surface area contributed by atoms with Gasteiger partial charge in [0.15, 0.2) is 5.54 Å². The van der Waals surface area contributed by atoms with Crippen LogP contribution in [0.15, 0.2) is 36.5 Å². The van der Waals surface area contributed by atoms with E-state index in [1.807, 2.05) is 0 Å². The molecule has 1 saturated carbocycles. The van der Waals surface area contributed by atoms with E-state index in [1.165, 1.54) is 24.3 Å². The van der Waals surface area contributed by atoms with Gasteiger partial charge in [0.2, 0.25) is 0 Å². The molecule has 1 unspecified atom stereocenters. The Kier molecular flexibility index (Phi) is 3.63. The quantitative estimate of drug-likeness (QED) is 0.621. The first kappa shape index (κ1) is 18.2. The molecule has 3 aliphatic rings. The van der Waals surface area contributed by atoms with Crippen molar-refractivity contribution in [2.45, 2.75) is 37.3 Å². The third kappa shape index (κ3) is 2.43. The van der Waals surface area contributed by atoms with Gasteiger partial charge in [0, 0.05) is 16.7 Å². The van der Waals surface area contributed by atoms with Gasteiger partial charge >= 0.3 is 6.03 Å². The highest BCUT2D eigenvalue weighted by Gasteiger charge is 2.56. The number of aromatic nitrogens is 3. The molecule has 0 radical (unpaired) electrons. The molecule has 156 valence electrons. The molecule has 0 bridgehead atoms. The van der Waals surface area contributed by atoms with Crippen molar-refractivity contribution in [2.24, 2.45) is 0 Å². The van der Waals surface area contributed by atoms with E-state index in [9.17, 15) is 18.4 Å². The maximum Gasteiger partial charge on any atom is 0.322 e. The van der Waals surface area contributed by atoms with Gasteiger partial charge < -0.3 is 5.32 Å². The van der Waals surface area contributed by atoms with Crippen LogP contribution >= 0.6 is 0 Å². The SMILES string of the molecule is O=C1NC(=O)C2(N1)c1cc(F)ccc1-c1c(-c3cn(C4CCCC4)nn3)cc(F)cc12. The van der Waals surface area contributed by atoms with Crippen LogP contribution in [0.1, 0.15) is 42.9 Å². The first-order valence-corrected chi connectivity index (χ1v) is 10.2. The molecule has 1 spiro atoms. The van der Waals surface area contributed by atoms with Crippen molar-refractivity contribution >= 4 is 11.9 Å². The number of urea groups is 1. The van der Waals surface area contributed by atoms with E-state index in [1.54, 1.807) is 16.9 Å². The molecule has 6 rings (SSSR count). The Morgan fingerprint density at radius 1 is 1.00 bits per heavy atom. The molecule has 3 aromatic rings. The summed E-state index contributed by atoms with van der Waals surface area (Å²) in [4.78, 5) is 25.0. The zero-order chi connectivity index (χ0) is 21.3. The number of benzene rings is 2. The van der Waals surface area contributed by atoms with Gasteiger partial charge in [0.1, 0.15) is 17.3 Å². The molecule has 7 nitrogen and oxygen atoms in total. The highest BCUT2D eigenvalue weighted by Crippen LogP contribution is 2.52. The number of amides is 3. The minimum atomic E-state index is -1.69. The van der Waals surface area contributed by atoms with Crippen LogP contribution in [0.4, 0.5) is 13.6 Å². The lowest BCUT2D eigenvalue weighted by Gasteiger charge is -2.23. The van der Waals surface area contributed by atoms with Crippen LogP contribution in [0, 0.1) is 11.6 Å². The average molecular weight is 421 g/mol. The van der Waals surface area contributed by atoms with Crippen LogP contribution in [-0.2, 0) is 10.3 Å². The van der Waals surface area contributed by atoms with Gasteiger partial charge in [-0.25, -0.2) is 18.3 Å². The lowest BCUT2D eigenvalue weighted by atomic mass is 9.87. The Hall–Kier alpha value is -3.62. The van der Waals surface area contributed by atoms with Gasteiger partial charge in [0.05, 0.1) is 12.2 Å². The highest BCUT2D eigenvalue weighted by atomic mass is 19.1. The van der Waals surface area contributed by atoms with Gasteiger partial charge in [-0.3, -0.25) is 10.1 Å². The van der Waals surface area contributed by atoms with Crippen LogP contribution in [0.5, 0.6) is 0 Å². The summed E-state index contributed by atoms with van der Waals surface area (Å²) in [6.45, 7) is 0. The second-order valence-corrected chi connectivity index (χ2v) is 8.25. The molecule has 9 heteroatoms. The molecule has 2 aromatic carbocycles. The fourth-order valence-corrected chi connectivity index (χ4v) is 5.17. The zero-order valence-corrected chi connectivity index (χ0v) is 16.3. The van der Waals surface area contributed by atoms with Crippen LogP contribution in [0.3, 0.4) is 0 Å². The predicted molar refractivity (Wildman–Crippen MR) is 106 cm³/mol. The maximum atomic E-state index is 14.8. The predicted octanol–water partition coefficient (Wildman–Crippen LogP) is 3.40. The fourth-order valence-electron chi connectivity index (χ4n) is 5.17. The molecule has 1 aromatic heterocycles. The third-order valence-corrected chi connectivity index (χ3v) is 6.52. The largest absolute Gasteiger partial charge is 0.322 e. The monoisotopic (exact) mass is 421 g/mol. The van der Waals surface area contributed by atoms with Crippen molar-refractivity contribution < 1.29 is 18.4 Å².